The van der Waals surface area contributed by atoms with Gasteiger partial charge in [-0.3, -0.25) is 9.78 Å². The zero-order valence-electron chi connectivity index (χ0n) is 15.0. The molecule has 3 aromatic rings. The Kier molecular flexibility index (Phi) is 3.95. The normalized spacial score (nSPS) is 19.3. The highest BCUT2D eigenvalue weighted by molar-refractivity contribution is 5.91. The number of imidazole rings is 1. The first-order valence-electron chi connectivity index (χ1n) is 9.48. The highest BCUT2D eigenvalue weighted by Gasteiger charge is 2.36. The molecule has 8 heteroatoms. The van der Waals surface area contributed by atoms with Crippen molar-refractivity contribution in [3.8, 4) is 0 Å². The van der Waals surface area contributed by atoms with Gasteiger partial charge in [-0.1, -0.05) is 12.5 Å². The molecule has 2 aliphatic rings. The SMILES string of the molecule is O=C(c1nnc2n1CCCCC2)N1CCc2[nH]cnc2C1c1cccnc1. The van der Waals surface area contributed by atoms with Crippen molar-refractivity contribution in [3.63, 3.8) is 0 Å². The Balaban J connectivity index is 1.56. The predicted octanol–water partition coefficient (Wildman–Crippen LogP) is 1.91. The molecule has 5 heterocycles. The number of hydrogen-bond acceptors (Lipinski definition) is 5. The Morgan fingerprint density at radius 1 is 1.15 bits per heavy atom. The number of fused-ring (bicyclic) bond motifs is 2. The Labute approximate surface area is 156 Å². The Bertz CT molecular complexity index is 962. The Morgan fingerprint density at radius 2 is 2.11 bits per heavy atom. The maximum absolute atomic E-state index is 13.5. The molecule has 27 heavy (non-hydrogen) atoms. The van der Waals surface area contributed by atoms with E-state index < -0.39 is 0 Å². The molecule has 3 aromatic heterocycles. The number of nitrogens with zero attached hydrogens (tertiary/aromatic N) is 6. The summed E-state index contributed by atoms with van der Waals surface area (Å²) in [6.07, 6.45) is 10.2. The van der Waals surface area contributed by atoms with E-state index in [0.29, 0.717) is 12.4 Å². The molecule has 0 radical (unpaired) electrons. The maximum atomic E-state index is 13.5. The molecule has 0 aromatic carbocycles. The highest BCUT2D eigenvalue weighted by Crippen LogP contribution is 2.34. The summed E-state index contributed by atoms with van der Waals surface area (Å²) in [6.45, 7) is 1.41. The van der Waals surface area contributed by atoms with Gasteiger partial charge < -0.3 is 14.5 Å². The number of aryl methyl sites for hydroxylation is 1. The predicted molar refractivity (Wildman–Crippen MR) is 97.0 cm³/mol. The highest BCUT2D eigenvalue weighted by atomic mass is 16.2. The molecule has 1 unspecified atom stereocenters. The van der Waals surface area contributed by atoms with Crippen LogP contribution in [-0.4, -0.2) is 47.1 Å². The van der Waals surface area contributed by atoms with Crippen molar-refractivity contribution in [2.45, 2.75) is 44.7 Å². The third kappa shape index (κ3) is 2.72. The van der Waals surface area contributed by atoms with Crippen LogP contribution in [0.3, 0.4) is 0 Å². The molecular formula is C19H21N7O. The van der Waals surface area contributed by atoms with Crippen LogP contribution in [0.25, 0.3) is 0 Å². The number of aromatic nitrogens is 6. The molecule has 1 atom stereocenters. The van der Waals surface area contributed by atoms with Gasteiger partial charge in [0.2, 0.25) is 5.82 Å². The lowest BCUT2D eigenvalue weighted by atomic mass is 9.96. The van der Waals surface area contributed by atoms with Crippen molar-refractivity contribution in [1.82, 2.24) is 34.6 Å². The second kappa shape index (κ2) is 6.61. The van der Waals surface area contributed by atoms with Crippen molar-refractivity contribution in [3.05, 3.63) is 59.5 Å². The summed E-state index contributed by atoms with van der Waals surface area (Å²) in [7, 11) is 0. The first-order chi connectivity index (χ1) is 13.3. The van der Waals surface area contributed by atoms with Gasteiger partial charge in [0.1, 0.15) is 11.9 Å². The van der Waals surface area contributed by atoms with Gasteiger partial charge >= 0.3 is 0 Å². The van der Waals surface area contributed by atoms with Gasteiger partial charge in [-0.15, -0.1) is 10.2 Å². The quantitative estimate of drug-likeness (QED) is 0.751. The zero-order chi connectivity index (χ0) is 18.2. The lowest BCUT2D eigenvalue weighted by Gasteiger charge is -2.34. The van der Waals surface area contributed by atoms with E-state index in [1.54, 1.807) is 18.7 Å². The maximum Gasteiger partial charge on any atom is 0.292 e. The minimum atomic E-state index is -0.264. The molecule has 1 N–H and O–H groups in total. The van der Waals surface area contributed by atoms with E-state index in [1.165, 1.54) is 0 Å². The lowest BCUT2D eigenvalue weighted by molar-refractivity contribution is 0.0671. The molecular weight excluding hydrogens is 342 g/mol. The Morgan fingerprint density at radius 3 is 3.00 bits per heavy atom. The van der Waals surface area contributed by atoms with Crippen LogP contribution in [0.4, 0.5) is 0 Å². The fraction of sp³-hybridized carbons (Fsp3) is 0.421. The lowest BCUT2D eigenvalue weighted by Crippen LogP contribution is -2.42. The molecule has 8 nitrogen and oxygen atoms in total. The first kappa shape index (κ1) is 16.2. The van der Waals surface area contributed by atoms with E-state index in [0.717, 1.165) is 61.4 Å². The monoisotopic (exact) mass is 363 g/mol. The second-order valence-corrected chi connectivity index (χ2v) is 7.11. The first-order valence-corrected chi connectivity index (χ1v) is 9.48. The van der Waals surface area contributed by atoms with Crippen molar-refractivity contribution in [2.75, 3.05) is 6.54 Å². The van der Waals surface area contributed by atoms with Gasteiger partial charge in [0.15, 0.2) is 0 Å². The van der Waals surface area contributed by atoms with E-state index in [2.05, 4.69) is 25.1 Å². The third-order valence-electron chi connectivity index (χ3n) is 5.49. The number of pyridine rings is 1. The van der Waals surface area contributed by atoms with E-state index in [9.17, 15) is 4.79 Å². The summed E-state index contributed by atoms with van der Waals surface area (Å²) in [5, 5.41) is 8.56. The van der Waals surface area contributed by atoms with Gasteiger partial charge in [-0.2, -0.15) is 0 Å². The van der Waals surface area contributed by atoms with Crippen LogP contribution < -0.4 is 0 Å². The second-order valence-electron chi connectivity index (χ2n) is 7.11. The molecule has 0 fully saturated rings. The van der Waals surface area contributed by atoms with Crippen LogP contribution >= 0.6 is 0 Å². The fourth-order valence-corrected chi connectivity index (χ4v) is 4.14. The van der Waals surface area contributed by atoms with Crippen LogP contribution in [0.15, 0.2) is 30.9 Å². The van der Waals surface area contributed by atoms with Gasteiger partial charge in [0, 0.05) is 44.0 Å². The average Bonchev–Trinajstić information content (AvgIpc) is 3.28. The summed E-state index contributed by atoms with van der Waals surface area (Å²) in [4.78, 5) is 27.3. The Hall–Kier alpha value is -3.03. The summed E-state index contributed by atoms with van der Waals surface area (Å²) < 4.78 is 2.01. The average molecular weight is 363 g/mol. The molecule has 1 amide bonds. The van der Waals surface area contributed by atoms with E-state index in [1.807, 2.05) is 21.6 Å². The minimum Gasteiger partial charge on any atom is -0.348 e. The molecule has 0 spiro atoms. The molecule has 0 saturated heterocycles. The van der Waals surface area contributed by atoms with Crippen molar-refractivity contribution >= 4 is 5.91 Å². The number of amides is 1. The van der Waals surface area contributed by atoms with Crippen LogP contribution in [0, 0.1) is 0 Å². The molecule has 0 saturated carbocycles. The van der Waals surface area contributed by atoms with Crippen LogP contribution in [-0.2, 0) is 19.4 Å². The summed E-state index contributed by atoms with van der Waals surface area (Å²) in [6, 6.07) is 3.62. The van der Waals surface area contributed by atoms with Crippen LogP contribution in [0.1, 0.15) is 58.7 Å². The van der Waals surface area contributed by atoms with E-state index in [-0.39, 0.29) is 11.9 Å². The van der Waals surface area contributed by atoms with Crippen molar-refractivity contribution in [1.29, 1.82) is 0 Å². The number of hydrogen-bond donors (Lipinski definition) is 1. The van der Waals surface area contributed by atoms with Crippen molar-refractivity contribution in [2.24, 2.45) is 0 Å². The smallest absolute Gasteiger partial charge is 0.292 e. The molecule has 0 bridgehead atoms. The van der Waals surface area contributed by atoms with Crippen LogP contribution in [0.5, 0.6) is 0 Å². The number of carbonyl (C=O) groups excluding carboxylic acids is 1. The summed E-state index contributed by atoms with van der Waals surface area (Å²) in [5.41, 5.74) is 2.92. The van der Waals surface area contributed by atoms with E-state index >= 15 is 0 Å². The standard InChI is InChI=1S/C19H21N7O/c27-19(18-24-23-15-6-2-1-3-9-25(15)18)26-10-7-14-16(22-12-21-14)17(26)13-5-4-8-20-11-13/h4-5,8,11-12,17H,1-3,6-7,9-10H2,(H,21,22). The molecule has 2 aliphatic heterocycles. The van der Waals surface area contributed by atoms with Crippen molar-refractivity contribution < 1.29 is 4.79 Å². The summed E-state index contributed by atoms with van der Waals surface area (Å²) >= 11 is 0. The topological polar surface area (TPSA) is 92.6 Å². The van der Waals surface area contributed by atoms with Gasteiger partial charge in [-0.25, -0.2) is 4.98 Å². The molecule has 0 aliphatic carbocycles. The zero-order valence-corrected chi connectivity index (χ0v) is 15.0. The number of rotatable bonds is 2. The number of nitrogens with one attached hydrogen (secondary N) is 1. The third-order valence-corrected chi connectivity index (χ3v) is 5.49. The van der Waals surface area contributed by atoms with Crippen LogP contribution in [0.2, 0.25) is 0 Å². The minimum absolute atomic E-state index is 0.0850. The molecule has 138 valence electrons. The fourth-order valence-electron chi connectivity index (χ4n) is 4.14. The number of carbonyl (C=O) groups is 1. The number of H-pyrrole nitrogens is 1. The van der Waals surface area contributed by atoms with Gasteiger partial charge in [0.25, 0.3) is 5.91 Å². The van der Waals surface area contributed by atoms with E-state index in [4.69, 9.17) is 0 Å². The summed E-state index contributed by atoms with van der Waals surface area (Å²) in [5.74, 6) is 1.28. The largest absolute Gasteiger partial charge is 0.348 e. The number of aromatic amines is 1. The van der Waals surface area contributed by atoms with Gasteiger partial charge in [-0.05, 0) is 24.5 Å². The van der Waals surface area contributed by atoms with Gasteiger partial charge in [0.05, 0.1) is 12.0 Å². The molecule has 5 rings (SSSR count).